The molecule has 0 aliphatic rings. The molecule has 1 rings (SSSR count). The molecular formula is C12H18ClNO3S. The first kappa shape index (κ1) is 15.4. The number of benzene rings is 1. The number of sulfonamides is 1. The van der Waals surface area contributed by atoms with E-state index in [4.69, 9.17) is 11.6 Å². The zero-order chi connectivity index (χ0) is 13.8. The quantitative estimate of drug-likeness (QED) is 0.844. The Balaban J connectivity index is 2.78. The van der Waals surface area contributed by atoms with Gasteiger partial charge in [0.25, 0.3) is 0 Å². The van der Waals surface area contributed by atoms with Gasteiger partial charge < -0.3 is 5.11 Å². The lowest BCUT2D eigenvalue weighted by molar-refractivity contribution is 0.0554. The Labute approximate surface area is 113 Å². The van der Waals surface area contributed by atoms with Crippen LogP contribution in [0, 0.1) is 0 Å². The molecule has 0 aliphatic carbocycles. The van der Waals surface area contributed by atoms with Crippen molar-refractivity contribution in [3.8, 4) is 0 Å². The lowest BCUT2D eigenvalue weighted by Crippen LogP contribution is -2.40. The van der Waals surface area contributed by atoms with Crippen LogP contribution in [0.25, 0.3) is 0 Å². The van der Waals surface area contributed by atoms with Crippen LogP contribution in [-0.2, 0) is 10.0 Å². The van der Waals surface area contributed by atoms with Crippen LogP contribution in [-0.4, -0.2) is 25.7 Å². The lowest BCUT2D eigenvalue weighted by Gasteiger charge is -2.22. The summed E-state index contributed by atoms with van der Waals surface area (Å²) in [6, 6.07) is 6.01. The third kappa shape index (κ3) is 4.57. The summed E-state index contributed by atoms with van der Waals surface area (Å²) in [5.74, 6) is 0. The first-order chi connectivity index (χ1) is 8.27. The maximum atomic E-state index is 12.0. The Morgan fingerprint density at radius 1 is 1.44 bits per heavy atom. The van der Waals surface area contributed by atoms with E-state index in [0.717, 1.165) is 6.42 Å². The summed E-state index contributed by atoms with van der Waals surface area (Å²) in [7, 11) is -3.63. The van der Waals surface area contributed by atoms with Crippen LogP contribution in [0.3, 0.4) is 0 Å². The highest BCUT2D eigenvalue weighted by Crippen LogP contribution is 2.16. The van der Waals surface area contributed by atoms with Gasteiger partial charge in [0.05, 0.1) is 10.5 Å². The normalized spacial score (nSPS) is 15.3. The van der Waals surface area contributed by atoms with Gasteiger partial charge in [-0.2, -0.15) is 0 Å². The molecule has 102 valence electrons. The Morgan fingerprint density at radius 2 is 2.11 bits per heavy atom. The van der Waals surface area contributed by atoms with Gasteiger partial charge in [-0.05, 0) is 31.5 Å². The van der Waals surface area contributed by atoms with Crippen molar-refractivity contribution in [3.63, 3.8) is 0 Å². The molecule has 0 radical (unpaired) electrons. The number of hydrogen-bond donors (Lipinski definition) is 2. The van der Waals surface area contributed by atoms with E-state index in [1.807, 2.05) is 6.92 Å². The summed E-state index contributed by atoms with van der Waals surface area (Å²) in [5, 5.41) is 10.3. The molecule has 0 heterocycles. The Morgan fingerprint density at radius 3 is 2.67 bits per heavy atom. The molecular weight excluding hydrogens is 274 g/mol. The van der Waals surface area contributed by atoms with Crippen molar-refractivity contribution in [2.24, 2.45) is 0 Å². The second kappa shape index (κ2) is 6.02. The zero-order valence-electron chi connectivity index (χ0n) is 10.5. The first-order valence-electron chi connectivity index (χ1n) is 5.74. The van der Waals surface area contributed by atoms with Crippen molar-refractivity contribution in [3.05, 3.63) is 29.3 Å². The van der Waals surface area contributed by atoms with Gasteiger partial charge in [0.15, 0.2) is 0 Å². The van der Waals surface area contributed by atoms with E-state index in [1.54, 1.807) is 19.1 Å². The summed E-state index contributed by atoms with van der Waals surface area (Å²) in [4.78, 5) is 0.0994. The molecule has 0 bridgehead atoms. The van der Waals surface area contributed by atoms with E-state index < -0.39 is 15.6 Å². The average Bonchev–Trinajstić information content (AvgIpc) is 2.27. The van der Waals surface area contributed by atoms with Crippen molar-refractivity contribution in [2.45, 2.75) is 37.2 Å². The van der Waals surface area contributed by atoms with Gasteiger partial charge >= 0.3 is 0 Å². The lowest BCUT2D eigenvalue weighted by atomic mass is 10.0. The minimum atomic E-state index is -3.63. The smallest absolute Gasteiger partial charge is 0.240 e. The molecule has 0 saturated carbocycles. The van der Waals surface area contributed by atoms with Gasteiger partial charge in [0.2, 0.25) is 10.0 Å². The Hall–Kier alpha value is -0.620. The van der Waals surface area contributed by atoms with Gasteiger partial charge in [-0.3, -0.25) is 0 Å². The fraction of sp³-hybridized carbons (Fsp3) is 0.500. The van der Waals surface area contributed by atoms with Crippen molar-refractivity contribution >= 4 is 21.6 Å². The van der Waals surface area contributed by atoms with Crippen molar-refractivity contribution in [1.82, 2.24) is 4.72 Å². The fourth-order valence-corrected chi connectivity index (χ4v) is 3.06. The van der Waals surface area contributed by atoms with Crippen LogP contribution in [0.15, 0.2) is 29.2 Å². The highest BCUT2D eigenvalue weighted by Gasteiger charge is 2.23. The predicted octanol–water partition coefficient (Wildman–Crippen LogP) is 2.17. The second-order valence-corrected chi connectivity index (χ2v) is 6.73. The maximum Gasteiger partial charge on any atom is 0.240 e. The van der Waals surface area contributed by atoms with Crippen molar-refractivity contribution in [1.29, 1.82) is 0 Å². The van der Waals surface area contributed by atoms with E-state index in [9.17, 15) is 13.5 Å². The molecule has 1 atom stereocenters. The third-order valence-electron chi connectivity index (χ3n) is 2.54. The minimum Gasteiger partial charge on any atom is -0.389 e. The standard InChI is InChI=1S/C12H18ClNO3S/c1-3-7-12(2,15)9-14-18(16,17)11-6-4-5-10(13)8-11/h4-6,8,14-15H,3,7,9H2,1-2H3. The summed E-state index contributed by atoms with van der Waals surface area (Å²) in [6.45, 7) is 3.52. The summed E-state index contributed by atoms with van der Waals surface area (Å²) in [5.41, 5.74) is -1.04. The number of halogens is 1. The largest absolute Gasteiger partial charge is 0.389 e. The molecule has 1 unspecified atom stereocenters. The zero-order valence-corrected chi connectivity index (χ0v) is 12.1. The molecule has 6 heteroatoms. The van der Waals surface area contributed by atoms with Crippen molar-refractivity contribution in [2.75, 3.05) is 6.54 Å². The van der Waals surface area contributed by atoms with Gasteiger partial charge in [-0.1, -0.05) is 31.0 Å². The predicted molar refractivity (Wildman–Crippen MR) is 72.2 cm³/mol. The molecule has 0 spiro atoms. The van der Waals surface area contributed by atoms with Crippen LogP contribution in [0.5, 0.6) is 0 Å². The molecule has 1 aromatic rings. The molecule has 2 N–H and O–H groups in total. The topological polar surface area (TPSA) is 66.4 Å². The number of nitrogens with one attached hydrogen (secondary N) is 1. The van der Waals surface area contributed by atoms with E-state index in [0.29, 0.717) is 11.4 Å². The molecule has 0 aromatic heterocycles. The highest BCUT2D eigenvalue weighted by molar-refractivity contribution is 7.89. The van der Waals surface area contributed by atoms with E-state index in [-0.39, 0.29) is 11.4 Å². The SMILES string of the molecule is CCCC(C)(O)CNS(=O)(=O)c1cccc(Cl)c1. The maximum absolute atomic E-state index is 12.0. The number of rotatable bonds is 6. The Bertz CT molecular complexity index is 500. The van der Waals surface area contributed by atoms with Crippen LogP contribution in [0.4, 0.5) is 0 Å². The number of aliphatic hydroxyl groups is 1. The fourth-order valence-electron chi connectivity index (χ4n) is 1.59. The van der Waals surface area contributed by atoms with E-state index in [1.165, 1.54) is 12.1 Å². The summed E-state index contributed by atoms with van der Waals surface area (Å²) >= 11 is 5.75. The third-order valence-corrected chi connectivity index (χ3v) is 4.17. The minimum absolute atomic E-state index is 0.0182. The molecule has 0 saturated heterocycles. The van der Waals surface area contributed by atoms with Gasteiger partial charge in [-0.25, -0.2) is 13.1 Å². The molecule has 0 aliphatic heterocycles. The van der Waals surface area contributed by atoms with Crippen LogP contribution >= 0.6 is 11.6 Å². The van der Waals surface area contributed by atoms with Crippen molar-refractivity contribution < 1.29 is 13.5 Å². The molecule has 0 fully saturated rings. The van der Waals surface area contributed by atoms with E-state index >= 15 is 0 Å². The van der Waals surface area contributed by atoms with Crippen LogP contribution < -0.4 is 4.72 Å². The average molecular weight is 292 g/mol. The van der Waals surface area contributed by atoms with Gasteiger partial charge in [0.1, 0.15) is 0 Å². The number of hydrogen-bond acceptors (Lipinski definition) is 3. The Kier molecular flexibility index (Phi) is 5.16. The monoisotopic (exact) mass is 291 g/mol. The van der Waals surface area contributed by atoms with Gasteiger partial charge in [-0.15, -0.1) is 0 Å². The van der Waals surface area contributed by atoms with E-state index in [2.05, 4.69) is 4.72 Å². The molecule has 1 aromatic carbocycles. The second-order valence-electron chi connectivity index (χ2n) is 4.53. The van der Waals surface area contributed by atoms with Crippen LogP contribution in [0.1, 0.15) is 26.7 Å². The van der Waals surface area contributed by atoms with Crippen LogP contribution in [0.2, 0.25) is 5.02 Å². The summed E-state index contributed by atoms with van der Waals surface area (Å²) < 4.78 is 26.3. The first-order valence-corrected chi connectivity index (χ1v) is 7.60. The molecule has 4 nitrogen and oxygen atoms in total. The molecule has 0 amide bonds. The summed E-state index contributed by atoms with van der Waals surface area (Å²) in [6.07, 6.45) is 1.32. The highest BCUT2D eigenvalue weighted by atomic mass is 35.5. The molecule has 18 heavy (non-hydrogen) atoms. The van der Waals surface area contributed by atoms with Gasteiger partial charge in [0, 0.05) is 11.6 Å².